The number of aryl methyl sites for hydroxylation is 1. The van der Waals surface area contributed by atoms with Crippen molar-refractivity contribution in [2.24, 2.45) is 0 Å². The van der Waals surface area contributed by atoms with E-state index in [2.05, 4.69) is 9.97 Å². The van der Waals surface area contributed by atoms with E-state index in [1.54, 1.807) is 6.92 Å². The summed E-state index contributed by atoms with van der Waals surface area (Å²) in [6.07, 6.45) is 1.49. The van der Waals surface area contributed by atoms with Crippen LogP contribution in [0.4, 0.5) is 5.95 Å². The van der Waals surface area contributed by atoms with Gasteiger partial charge in [0.2, 0.25) is 5.95 Å². The Balaban J connectivity index is 0.000000461. The summed E-state index contributed by atoms with van der Waals surface area (Å²) < 4.78 is 0. The van der Waals surface area contributed by atoms with Crippen LogP contribution in [-0.2, 0) is 0 Å². The maximum Gasteiger partial charge on any atom is 0.220 e. The highest BCUT2D eigenvalue weighted by Gasteiger charge is 1.94. The fourth-order valence-electron chi connectivity index (χ4n) is 0.470. The van der Waals surface area contributed by atoms with Gasteiger partial charge in [-0.05, 0) is 6.92 Å². The van der Waals surface area contributed by atoms with Gasteiger partial charge < -0.3 is 5.73 Å². The quantitative estimate of drug-likeness (QED) is 0.654. The molecule has 62 valence electrons. The summed E-state index contributed by atoms with van der Waals surface area (Å²) in [5.74, 6) is 0.261. The fraction of sp³-hybridized carbons (Fsp3) is 0.429. The van der Waals surface area contributed by atoms with Crippen LogP contribution in [0.5, 0.6) is 0 Å². The van der Waals surface area contributed by atoms with E-state index in [0.29, 0.717) is 10.7 Å². The molecule has 0 bridgehead atoms. The van der Waals surface area contributed by atoms with Gasteiger partial charge in [0.15, 0.2) is 0 Å². The van der Waals surface area contributed by atoms with Crippen LogP contribution in [0, 0.1) is 6.92 Å². The lowest BCUT2D eigenvalue weighted by atomic mass is 10.5. The van der Waals surface area contributed by atoms with E-state index in [0.717, 1.165) is 0 Å². The van der Waals surface area contributed by atoms with E-state index in [9.17, 15) is 0 Å². The molecular formula is C7H12ClN3. The predicted molar refractivity (Wildman–Crippen MR) is 47.5 cm³/mol. The Kier molecular flexibility index (Phi) is 4.54. The number of hydrogen-bond donors (Lipinski definition) is 1. The van der Waals surface area contributed by atoms with Gasteiger partial charge >= 0.3 is 0 Å². The third-order valence-corrected chi connectivity index (χ3v) is 1.31. The smallest absolute Gasteiger partial charge is 0.220 e. The van der Waals surface area contributed by atoms with Gasteiger partial charge in [-0.15, -0.1) is 0 Å². The zero-order valence-corrected chi connectivity index (χ0v) is 7.68. The van der Waals surface area contributed by atoms with E-state index >= 15 is 0 Å². The van der Waals surface area contributed by atoms with Crippen molar-refractivity contribution in [2.45, 2.75) is 20.8 Å². The van der Waals surface area contributed by atoms with Crippen LogP contribution in [0.25, 0.3) is 0 Å². The second kappa shape index (κ2) is 4.91. The second-order valence-corrected chi connectivity index (χ2v) is 2.07. The molecule has 0 unspecified atom stereocenters. The van der Waals surface area contributed by atoms with Gasteiger partial charge in [-0.1, -0.05) is 25.4 Å². The van der Waals surface area contributed by atoms with E-state index in [1.165, 1.54) is 6.20 Å². The molecular weight excluding hydrogens is 162 g/mol. The van der Waals surface area contributed by atoms with Crippen molar-refractivity contribution >= 4 is 17.5 Å². The normalized spacial score (nSPS) is 8.36. The van der Waals surface area contributed by atoms with Crippen molar-refractivity contribution < 1.29 is 0 Å². The first-order valence-corrected chi connectivity index (χ1v) is 3.82. The third kappa shape index (κ3) is 3.18. The summed E-state index contributed by atoms with van der Waals surface area (Å²) in [6.45, 7) is 5.78. The van der Waals surface area contributed by atoms with Crippen molar-refractivity contribution in [2.75, 3.05) is 5.73 Å². The number of rotatable bonds is 0. The second-order valence-electron chi connectivity index (χ2n) is 1.66. The average Bonchev–Trinajstić information content (AvgIpc) is 2.02. The van der Waals surface area contributed by atoms with E-state index in [1.807, 2.05) is 13.8 Å². The van der Waals surface area contributed by atoms with Gasteiger partial charge in [0, 0.05) is 0 Å². The van der Waals surface area contributed by atoms with Crippen molar-refractivity contribution in [1.29, 1.82) is 0 Å². The molecule has 0 spiro atoms. The van der Waals surface area contributed by atoms with Crippen LogP contribution in [0.3, 0.4) is 0 Å². The molecule has 11 heavy (non-hydrogen) atoms. The standard InChI is InChI=1S/C5H6ClN3.C2H6/c1-3-4(6)2-8-5(7)9-3;1-2/h2H,1H3,(H2,7,8,9);1-2H3. The fourth-order valence-corrected chi connectivity index (χ4v) is 0.561. The van der Waals surface area contributed by atoms with Crippen LogP contribution in [0.2, 0.25) is 5.02 Å². The lowest BCUT2D eigenvalue weighted by molar-refractivity contribution is 1.12. The molecule has 0 aliphatic heterocycles. The first-order chi connectivity index (χ1) is 5.20. The molecule has 0 saturated heterocycles. The Bertz CT molecular complexity index is 225. The number of nitrogens with two attached hydrogens (primary N) is 1. The summed E-state index contributed by atoms with van der Waals surface area (Å²) in [6, 6.07) is 0. The van der Waals surface area contributed by atoms with Crippen LogP contribution in [0.1, 0.15) is 19.5 Å². The number of aromatic nitrogens is 2. The monoisotopic (exact) mass is 173 g/mol. The van der Waals surface area contributed by atoms with Crippen LogP contribution in [0.15, 0.2) is 6.20 Å². The third-order valence-electron chi connectivity index (χ3n) is 0.938. The summed E-state index contributed by atoms with van der Waals surface area (Å²) in [5.41, 5.74) is 5.96. The van der Waals surface area contributed by atoms with E-state index in [-0.39, 0.29) is 5.95 Å². The molecule has 0 amide bonds. The topological polar surface area (TPSA) is 51.8 Å². The van der Waals surface area contributed by atoms with Crippen LogP contribution < -0.4 is 5.73 Å². The summed E-state index contributed by atoms with van der Waals surface area (Å²) >= 11 is 5.60. The molecule has 0 aliphatic carbocycles. The largest absolute Gasteiger partial charge is 0.368 e. The van der Waals surface area contributed by atoms with Gasteiger partial charge in [0.05, 0.1) is 16.9 Å². The highest BCUT2D eigenvalue weighted by Crippen LogP contribution is 2.10. The number of nitrogen functional groups attached to an aromatic ring is 1. The Morgan fingerprint density at radius 1 is 1.45 bits per heavy atom. The summed E-state index contributed by atoms with van der Waals surface area (Å²) in [5, 5.41) is 0.546. The van der Waals surface area contributed by atoms with Crippen molar-refractivity contribution in [1.82, 2.24) is 9.97 Å². The molecule has 0 saturated carbocycles. The first-order valence-electron chi connectivity index (χ1n) is 3.45. The number of nitrogens with zero attached hydrogens (tertiary/aromatic N) is 2. The Hall–Kier alpha value is -0.830. The molecule has 0 aromatic carbocycles. The minimum Gasteiger partial charge on any atom is -0.368 e. The minimum atomic E-state index is 0.261. The molecule has 0 atom stereocenters. The molecule has 3 nitrogen and oxygen atoms in total. The van der Waals surface area contributed by atoms with Gasteiger partial charge in [-0.3, -0.25) is 0 Å². The molecule has 1 heterocycles. The highest BCUT2D eigenvalue weighted by atomic mass is 35.5. The maximum absolute atomic E-state index is 5.60. The molecule has 1 rings (SSSR count). The molecule has 0 fully saturated rings. The van der Waals surface area contributed by atoms with Gasteiger partial charge in [0.25, 0.3) is 0 Å². The number of halogens is 1. The van der Waals surface area contributed by atoms with E-state index < -0.39 is 0 Å². The van der Waals surface area contributed by atoms with Crippen molar-refractivity contribution in [3.05, 3.63) is 16.9 Å². The molecule has 4 heteroatoms. The lowest BCUT2D eigenvalue weighted by Crippen LogP contribution is -1.95. The van der Waals surface area contributed by atoms with E-state index in [4.69, 9.17) is 17.3 Å². The van der Waals surface area contributed by atoms with Crippen molar-refractivity contribution in [3.63, 3.8) is 0 Å². The average molecular weight is 174 g/mol. The number of anilines is 1. The molecule has 1 aromatic heterocycles. The maximum atomic E-state index is 5.60. The molecule has 0 radical (unpaired) electrons. The van der Waals surface area contributed by atoms with Crippen LogP contribution >= 0.6 is 11.6 Å². The lowest BCUT2D eigenvalue weighted by Gasteiger charge is -1.94. The summed E-state index contributed by atoms with van der Waals surface area (Å²) in [4.78, 5) is 7.48. The van der Waals surface area contributed by atoms with Gasteiger partial charge in [-0.2, -0.15) is 0 Å². The number of hydrogen-bond acceptors (Lipinski definition) is 3. The highest BCUT2D eigenvalue weighted by molar-refractivity contribution is 6.31. The van der Waals surface area contributed by atoms with Gasteiger partial charge in [-0.25, -0.2) is 9.97 Å². The zero-order valence-electron chi connectivity index (χ0n) is 6.93. The molecule has 2 N–H and O–H groups in total. The SMILES string of the molecule is CC.Cc1nc(N)ncc1Cl. The van der Waals surface area contributed by atoms with Crippen molar-refractivity contribution in [3.8, 4) is 0 Å². The molecule has 0 aliphatic rings. The zero-order chi connectivity index (χ0) is 8.85. The Labute approximate surface area is 71.6 Å². The summed E-state index contributed by atoms with van der Waals surface area (Å²) in [7, 11) is 0. The minimum absolute atomic E-state index is 0.261. The Morgan fingerprint density at radius 3 is 2.36 bits per heavy atom. The molecule has 1 aromatic rings. The Morgan fingerprint density at radius 2 is 2.00 bits per heavy atom. The van der Waals surface area contributed by atoms with Gasteiger partial charge in [0.1, 0.15) is 0 Å². The predicted octanol–water partition coefficient (Wildman–Crippen LogP) is 2.05. The first kappa shape index (κ1) is 10.2. The van der Waals surface area contributed by atoms with Crippen LogP contribution in [-0.4, -0.2) is 9.97 Å².